The third-order valence-electron chi connectivity index (χ3n) is 3.18. The second-order valence-electron chi connectivity index (χ2n) is 4.97. The van der Waals surface area contributed by atoms with Crippen molar-refractivity contribution in [2.24, 2.45) is 11.0 Å². The molecule has 0 aromatic heterocycles. The second kappa shape index (κ2) is 6.44. The lowest BCUT2D eigenvalue weighted by molar-refractivity contribution is -0.121. The number of aromatic hydroxyl groups is 1. The number of phenols is 1. The molecule has 1 fully saturated rings. The van der Waals surface area contributed by atoms with Gasteiger partial charge in [0.1, 0.15) is 5.75 Å². The summed E-state index contributed by atoms with van der Waals surface area (Å²) >= 11 is 5.78. The predicted octanol–water partition coefficient (Wildman–Crippen LogP) is 1.32. The monoisotopic (exact) mass is 330 g/mol. The number of nitrogens with one attached hydrogen (secondary N) is 1. The van der Waals surface area contributed by atoms with Crippen molar-refractivity contribution in [2.75, 3.05) is 11.5 Å². The van der Waals surface area contributed by atoms with Gasteiger partial charge in [-0.25, -0.2) is 13.8 Å². The van der Waals surface area contributed by atoms with Crippen LogP contribution in [0.1, 0.15) is 18.4 Å². The SMILES string of the molecule is O=C(C[C@@H]1CCS(=O)(=O)C1)N/N=C/c1cc(Cl)ccc1O. The van der Waals surface area contributed by atoms with Gasteiger partial charge in [-0.05, 0) is 30.5 Å². The summed E-state index contributed by atoms with van der Waals surface area (Å²) in [5, 5.41) is 13.7. The first kappa shape index (κ1) is 15.8. The lowest BCUT2D eigenvalue weighted by Crippen LogP contribution is -2.21. The van der Waals surface area contributed by atoms with E-state index < -0.39 is 9.84 Å². The summed E-state index contributed by atoms with van der Waals surface area (Å²) in [6.07, 6.45) is 1.91. The molecule has 8 heteroatoms. The summed E-state index contributed by atoms with van der Waals surface area (Å²) in [5.41, 5.74) is 2.69. The Morgan fingerprint density at radius 3 is 2.95 bits per heavy atom. The van der Waals surface area contributed by atoms with Crippen LogP contribution < -0.4 is 5.43 Å². The van der Waals surface area contributed by atoms with Gasteiger partial charge in [0, 0.05) is 17.0 Å². The van der Waals surface area contributed by atoms with E-state index in [2.05, 4.69) is 10.5 Å². The number of nitrogens with zero attached hydrogens (tertiary/aromatic N) is 1. The number of hydrogen-bond donors (Lipinski definition) is 2. The number of carbonyl (C=O) groups excluding carboxylic acids is 1. The molecule has 0 aliphatic carbocycles. The number of carbonyl (C=O) groups is 1. The fraction of sp³-hybridized carbons (Fsp3) is 0.385. The van der Waals surface area contributed by atoms with Crippen molar-refractivity contribution in [3.8, 4) is 5.75 Å². The van der Waals surface area contributed by atoms with Gasteiger partial charge in [0.15, 0.2) is 9.84 Å². The molecule has 1 aliphatic heterocycles. The second-order valence-corrected chi connectivity index (χ2v) is 7.63. The third kappa shape index (κ3) is 4.71. The minimum Gasteiger partial charge on any atom is -0.507 e. The number of rotatable bonds is 4. The molecule has 1 saturated heterocycles. The molecule has 1 aromatic rings. The van der Waals surface area contributed by atoms with E-state index in [-0.39, 0.29) is 35.5 Å². The summed E-state index contributed by atoms with van der Waals surface area (Å²) < 4.78 is 22.6. The smallest absolute Gasteiger partial charge is 0.240 e. The molecule has 1 amide bonds. The maximum absolute atomic E-state index is 11.6. The summed E-state index contributed by atoms with van der Waals surface area (Å²) in [5.74, 6) is -0.303. The van der Waals surface area contributed by atoms with Crippen LogP contribution in [0.5, 0.6) is 5.75 Å². The zero-order valence-electron chi connectivity index (χ0n) is 11.1. The number of phenolic OH excluding ortho intramolecular Hbond substituents is 1. The average molecular weight is 331 g/mol. The number of halogens is 1. The van der Waals surface area contributed by atoms with Crippen molar-refractivity contribution >= 4 is 33.6 Å². The Bertz CT molecular complexity index is 673. The summed E-state index contributed by atoms with van der Waals surface area (Å²) in [7, 11) is -2.98. The highest BCUT2D eigenvalue weighted by Crippen LogP contribution is 2.21. The van der Waals surface area contributed by atoms with E-state index in [4.69, 9.17) is 11.6 Å². The Labute approximate surface area is 127 Å². The molecule has 21 heavy (non-hydrogen) atoms. The van der Waals surface area contributed by atoms with E-state index >= 15 is 0 Å². The molecule has 1 aliphatic rings. The molecule has 2 N–H and O–H groups in total. The Morgan fingerprint density at radius 1 is 1.52 bits per heavy atom. The Morgan fingerprint density at radius 2 is 2.29 bits per heavy atom. The zero-order valence-corrected chi connectivity index (χ0v) is 12.7. The van der Waals surface area contributed by atoms with Crippen molar-refractivity contribution in [1.29, 1.82) is 0 Å². The van der Waals surface area contributed by atoms with Crippen molar-refractivity contribution in [3.05, 3.63) is 28.8 Å². The average Bonchev–Trinajstić information content (AvgIpc) is 2.73. The van der Waals surface area contributed by atoms with E-state index in [9.17, 15) is 18.3 Å². The summed E-state index contributed by atoms with van der Waals surface area (Å²) in [4.78, 5) is 11.6. The molecule has 114 valence electrons. The molecular formula is C13H15ClN2O4S. The fourth-order valence-electron chi connectivity index (χ4n) is 2.14. The molecular weight excluding hydrogens is 316 g/mol. The van der Waals surface area contributed by atoms with E-state index in [1.165, 1.54) is 24.4 Å². The Hall–Kier alpha value is -1.60. The van der Waals surface area contributed by atoms with Crippen LogP contribution in [-0.4, -0.2) is 37.2 Å². The lowest BCUT2D eigenvalue weighted by Gasteiger charge is -2.05. The highest BCUT2D eigenvalue weighted by molar-refractivity contribution is 7.91. The van der Waals surface area contributed by atoms with Gasteiger partial charge >= 0.3 is 0 Å². The normalized spacial score (nSPS) is 20.7. The van der Waals surface area contributed by atoms with Crippen molar-refractivity contribution in [3.63, 3.8) is 0 Å². The zero-order chi connectivity index (χ0) is 15.5. The third-order valence-corrected chi connectivity index (χ3v) is 5.26. The molecule has 0 radical (unpaired) electrons. The van der Waals surface area contributed by atoms with Gasteiger partial charge in [-0.3, -0.25) is 4.79 Å². The molecule has 1 heterocycles. The number of benzene rings is 1. The van der Waals surface area contributed by atoms with Crippen molar-refractivity contribution < 1.29 is 18.3 Å². The van der Waals surface area contributed by atoms with Crippen LogP contribution in [0.2, 0.25) is 5.02 Å². The Balaban J connectivity index is 1.86. The summed E-state index contributed by atoms with van der Waals surface area (Å²) in [6, 6.07) is 4.47. The van der Waals surface area contributed by atoms with Crippen molar-refractivity contribution in [2.45, 2.75) is 12.8 Å². The quantitative estimate of drug-likeness (QED) is 0.643. The van der Waals surface area contributed by atoms with Gasteiger partial charge in [-0.15, -0.1) is 0 Å². The first-order valence-corrected chi connectivity index (χ1v) is 8.56. The highest BCUT2D eigenvalue weighted by atomic mass is 35.5. The molecule has 0 spiro atoms. The van der Waals surface area contributed by atoms with Gasteiger partial charge in [0.2, 0.25) is 5.91 Å². The van der Waals surface area contributed by atoms with Crippen LogP contribution in [-0.2, 0) is 14.6 Å². The van der Waals surface area contributed by atoms with Crippen LogP contribution in [0.25, 0.3) is 0 Å². The molecule has 0 bridgehead atoms. The molecule has 1 atom stereocenters. The minimum absolute atomic E-state index is 0.000662. The van der Waals surface area contributed by atoms with Crippen LogP contribution in [0.4, 0.5) is 0 Å². The molecule has 2 rings (SSSR count). The predicted molar refractivity (Wildman–Crippen MR) is 80.2 cm³/mol. The van der Waals surface area contributed by atoms with E-state index in [1.807, 2.05) is 0 Å². The maximum atomic E-state index is 11.6. The molecule has 1 aromatic carbocycles. The number of hydrogen-bond acceptors (Lipinski definition) is 5. The van der Waals surface area contributed by atoms with E-state index in [0.29, 0.717) is 17.0 Å². The number of amides is 1. The summed E-state index contributed by atoms with van der Waals surface area (Å²) in [6.45, 7) is 0. The number of hydrazone groups is 1. The minimum atomic E-state index is -2.98. The molecule has 6 nitrogen and oxygen atoms in total. The standard InChI is InChI=1S/C13H15ClN2O4S/c14-11-1-2-12(17)10(6-11)7-15-16-13(18)5-9-3-4-21(19,20)8-9/h1-2,6-7,9,17H,3-5,8H2,(H,16,18)/b15-7+/t9-/m0/s1. The van der Waals surface area contributed by atoms with Gasteiger partial charge in [0.25, 0.3) is 0 Å². The first-order valence-electron chi connectivity index (χ1n) is 6.36. The van der Waals surface area contributed by atoms with Gasteiger partial charge in [-0.2, -0.15) is 5.10 Å². The van der Waals surface area contributed by atoms with Gasteiger partial charge < -0.3 is 5.11 Å². The van der Waals surface area contributed by atoms with E-state index in [0.717, 1.165) is 0 Å². The van der Waals surface area contributed by atoms with Crippen molar-refractivity contribution in [1.82, 2.24) is 5.43 Å². The topological polar surface area (TPSA) is 95.8 Å². The largest absolute Gasteiger partial charge is 0.507 e. The van der Waals surface area contributed by atoms with Gasteiger partial charge in [0.05, 0.1) is 17.7 Å². The lowest BCUT2D eigenvalue weighted by atomic mass is 10.1. The van der Waals surface area contributed by atoms with Crippen LogP contribution in [0.3, 0.4) is 0 Å². The van der Waals surface area contributed by atoms with E-state index in [1.54, 1.807) is 0 Å². The molecule has 0 unspecified atom stereocenters. The fourth-order valence-corrected chi connectivity index (χ4v) is 4.19. The van der Waals surface area contributed by atoms with Crippen LogP contribution in [0.15, 0.2) is 23.3 Å². The maximum Gasteiger partial charge on any atom is 0.240 e. The van der Waals surface area contributed by atoms with Crippen LogP contribution >= 0.6 is 11.6 Å². The molecule has 0 saturated carbocycles. The van der Waals surface area contributed by atoms with Gasteiger partial charge in [-0.1, -0.05) is 11.6 Å². The van der Waals surface area contributed by atoms with Crippen LogP contribution in [0, 0.1) is 5.92 Å². The number of sulfone groups is 1. The Kier molecular flexibility index (Phi) is 4.84. The first-order chi connectivity index (χ1) is 9.85. The highest BCUT2D eigenvalue weighted by Gasteiger charge is 2.29.